The number of benzene rings is 1. The van der Waals surface area contributed by atoms with E-state index in [1.165, 1.54) is 0 Å². The molecule has 3 N–H and O–H groups in total. The van der Waals surface area contributed by atoms with E-state index in [2.05, 4.69) is 10.6 Å². The highest BCUT2D eigenvalue weighted by Crippen LogP contribution is 2.13. The molecule has 0 heterocycles. The second-order valence-electron chi connectivity index (χ2n) is 4.63. The number of hydrogen-bond acceptors (Lipinski definition) is 2. The Bertz CT molecular complexity index is 379. The van der Waals surface area contributed by atoms with E-state index in [-0.39, 0.29) is 12.6 Å². The van der Waals surface area contributed by atoms with Crippen molar-refractivity contribution in [3.05, 3.63) is 29.3 Å². The summed E-state index contributed by atoms with van der Waals surface area (Å²) in [4.78, 5) is 11.5. The largest absolute Gasteiger partial charge is 0.391 e. The second-order valence-corrected chi connectivity index (χ2v) is 5.06. The number of carbonyl (C=O) groups excluding carboxylic acids is 1. The fourth-order valence-electron chi connectivity index (χ4n) is 1.55. The van der Waals surface area contributed by atoms with Gasteiger partial charge >= 0.3 is 6.03 Å². The summed E-state index contributed by atoms with van der Waals surface area (Å²) in [7, 11) is 0. The summed E-state index contributed by atoms with van der Waals surface area (Å²) in [6, 6.07) is 6.49. The van der Waals surface area contributed by atoms with Gasteiger partial charge in [0.05, 0.1) is 6.10 Å². The number of aliphatic hydroxyl groups excluding tert-OH is 1. The minimum absolute atomic E-state index is 0.248. The molecule has 0 aliphatic heterocycles. The average Bonchev–Trinajstić information content (AvgIpc) is 2.29. The van der Waals surface area contributed by atoms with Crippen molar-refractivity contribution >= 4 is 23.3 Å². The van der Waals surface area contributed by atoms with Crippen molar-refractivity contribution < 1.29 is 9.90 Å². The van der Waals surface area contributed by atoms with Crippen molar-refractivity contribution in [2.45, 2.75) is 26.4 Å². The van der Waals surface area contributed by atoms with Crippen LogP contribution in [-0.2, 0) is 0 Å². The fraction of sp³-hybridized carbons (Fsp3) is 0.462. The third-order valence-corrected chi connectivity index (χ3v) is 2.60. The van der Waals surface area contributed by atoms with Crippen LogP contribution in [0.2, 0.25) is 5.02 Å². The first kappa shape index (κ1) is 14.8. The number of nitrogens with one attached hydrogen (secondary N) is 2. The molecule has 1 aromatic rings. The highest BCUT2D eigenvalue weighted by molar-refractivity contribution is 6.30. The zero-order valence-electron chi connectivity index (χ0n) is 10.6. The van der Waals surface area contributed by atoms with Crippen LogP contribution in [-0.4, -0.2) is 23.8 Å². The van der Waals surface area contributed by atoms with Gasteiger partial charge in [-0.2, -0.15) is 0 Å². The maximum Gasteiger partial charge on any atom is 0.319 e. The SMILES string of the molecule is CC(C)CC(O)CNC(=O)Nc1ccc(Cl)cc1. The molecule has 0 saturated carbocycles. The van der Waals surface area contributed by atoms with E-state index in [4.69, 9.17) is 11.6 Å². The standard InChI is InChI=1S/C13H19ClN2O2/c1-9(2)7-12(17)8-15-13(18)16-11-5-3-10(14)4-6-11/h3-6,9,12,17H,7-8H2,1-2H3,(H2,15,16,18). The third-order valence-electron chi connectivity index (χ3n) is 2.34. The number of amides is 2. The molecule has 4 nitrogen and oxygen atoms in total. The Morgan fingerprint density at radius 3 is 2.50 bits per heavy atom. The van der Waals surface area contributed by atoms with Crippen molar-refractivity contribution in [2.75, 3.05) is 11.9 Å². The predicted octanol–water partition coefficient (Wildman–Crippen LogP) is 2.87. The van der Waals surface area contributed by atoms with E-state index >= 15 is 0 Å². The molecule has 0 fully saturated rings. The van der Waals surface area contributed by atoms with E-state index < -0.39 is 6.10 Å². The number of aliphatic hydroxyl groups is 1. The van der Waals surface area contributed by atoms with Crippen molar-refractivity contribution in [1.82, 2.24) is 5.32 Å². The summed E-state index contributed by atoms with van der Waals surface area (Å²) in [6.07, 6.45) is 0.155. The van der Waals surface area contributed by atoms with Gasteiger partial charge in [-0.3, -0.25) is 0 Å². The van der Waals surface area contributed by atoms with Crippen LogP contribution in [0, 0.1) is 5.92 Å². The monoisotopic (exact) mass is 270 g/mol. The molecule has 0 aliphatic rings. The van der Waals surface area contributed by atoms with Gasteiger partial charge in [0.2, 0.25) is 0 Å². The highest BCUT2D eigenvalue weighted by Gasteiger charge is 2.08. The number of hydrogen-bond donors (Lipinski definition) is 3. The molecule has 5 heteroatoms. The Hall–Kier alpha value is -1.26. The Balaban J connectivity index is 2.31. The van der Waals surface area contributed by atoms with Crippen LogP contribution >= 0.6 is 11.6 Å². The molecule has 100 valence electrons. The van der Waals surface area contributed by atoms with E-state index in [1.54, 1.807) is 24.3 Å². The molecule has 2 amide bonds. The second kappa shape index (κ2) is 7.24. The van der Waals surface area contributed by atoms with Gasteiger partial charge in [0.25, 0.3) is 0 Å². The number of carbonyl (C=O) groups is 1. The van der Waals surface area contributed by atoms with Crippen molar-refractivity contribution in [1.29, 1.82) is 0 Å². The zero-order valence-corrected chi connectivity index (χ0v) is 11.4. The van der Waals surface area contributed by atoms with Gasteiger partial charge in [-0.1, -0.05) is 25.4 Å². The molecule has 1 atom stereocenters. The molecule has 0 spiro atoms. The van der Waals surface area contributed by atoms with Gasteiger partial charge < -0.3 is 15.7 Å². The lowest BCUT2D eigenvalue weighted by molar-refractivity contribution is 0.148. The Morgan fingerprint density at radius 1 is 1.33 bits per heavy atom. The normalized spacial score (nSPS) is 12.3. The van der Waals surface area contributed by atoms with Gasteiger partial charge in [-0.15, -0.1) is 0 Å². The van der Waals surface area contributed by atoms with Crippen LogP contribution < -0.4 is 10.6 Å². The van der Waals surface area contributed by atoms with Crippen LogP contribution in [0.25, 0.3) is 0 Å². The number of anilines is 1. The molecule has 0 radical (unpaired) electrons. The fourth-order valence-corrected chi connectivity index (χ4v) is 1.67. The molecular weight excluding hydrogens is 252 g/mol. The van der Waals surface area contributed by atoms with Gasteiger partial charge in [-0.25, -0.2) is 4.79 Å². The summed E-state index contributed by atoms with van der Waals surface area (Å²) in [5.41, 5.74) is 0.662. The smallest absolute Gasteiger partial charge is 0.319 e. The lowest BCUT2D eigenvalue weighted by atomic mass is 10.1. The lowest BCUT2D eigenvalue weighted by Crippen LogP contribution is -2.35. The zero-order chi connectivity index (χ0) is 13.5. The van der Waals surface area contributed by atoms with Gasteiger partial charge in [0.15, 0.2) is 0 Å². The van der Waals surface area contributed by atoms with E-state index in [0.717, 1.165) is 0 Å². The van der Waals surface area contributed by atoms with Gasteiger partial charge in [-0.05, 0) is 36.6 Å². The molecule has 1 aromatic carbocycles. The van der Waals surface area contributed by atoms with Crippen molar-refractivity contribution in [3.8, 4) is 0 Å². The van der Waals surface area contributed by atoms with Crippen LogP contribution in [0.5, 0.6) is 0 Å². The Labute approximate surface area is 112 Å². The number of rotatable bonds is 5. The summed E-state index contributed by atoms with van der Waals surface area (Å²) in [5.74, 6) is 0.404. The summed E-state index contributed by atoms with van der Waals surface area (Å²) in [6.45, 7) is 4.30. The van der Waals surface area contributed by atoms with Crippen LogP contribution in [0.3, 0.4) is 0 Å². The highest BCUT2D eigenvalue weighted by atomic mass is 35.5. The predicted molar refractivity (Wildman–Crippen MR) is 73.9 cm³/mol. The topological polar surface area (TPSA) is 61.4 Å². The first-order chi connectivity index (χ1) is 8.47. The van der Waals surface area contributed by atoms with E-state index in [1.807, 2.05) is 13.8 Å². The summed E-state index contributed by atoms with van der Waals surface area (Å²) >= 11 is 5.74. The van der Waals surface area contributed by atoms with E-state index in [9.17, 15) is 9.90 Å². The molecule has 0 saturated heterocycles. The summed E-state index contributed by atoms with van der Waals surface area (Å²) in [5, 5.41) is 15.5. The molecular formula is C13H19ClN2O2. The summed E-state index contributed by atoms with van der Waals surface area (Å²) < 4.78 is 0. The number of urea groups is 1. The Morgan fingerprint density at radius 2 is 1.94 bits per heavy atom. The molecule has 0 bridgehead atoms. The molecule has 0 aromatic heterocycles. The van der Waals surface area contributed by atoms with Crippen LogP contribution in [0.4, 0.5) is 10.5 Å². The Kier molecular flexibility index (Phi) is 5.95. The molecule has 1 rings (SSSR count). The first-order valence-electron chi connectivity index (χ1n) is 5.96. The van der Waals surface area contributed by atoms with Crippen molar-refractivity contribution in [2.24, 2.45) is 5.92 Å². The quantitative estimate of drug-likeness (QED) is 0.770. The maximum atomic E-state index is 11.5. The van der Waals surface area contributed by atoms with Crippen LogP contribution in [0.1, 0.15) is 20.3 Å². The first-order valence-corrected chi connectivity index (χ1v) is 6.33. The average molecular weight is 271 g/mol. The third kappa shape index (κ3) is 5.89. The lowest BCUT2D eigenvalue weighted by Gasteiger charge is -2.14. The number of halogens is 1. The van der Waals surface area contributed by atoms with Gasteiger partial charge in [0, 0.05) is 17.3 Å². The molecule has 18 heavy (non-hydrogen) atoms. The minimum atomic E-state index is -0.513. The molecule has 1 unspecified atom stereocenters. The van der Waals surface area contributed by atoms with Crippen molar-refractivity contribution in [3.63, 3.8) is 0 Å². The minimum Gasteiger partial charge on any atom is -0.391 e. The van der Waals surface area contributed by atoms with Crippen LogP contribution in [0.15, 0.2) is 24.3 Å². The molecule has 0 aliphatic carbocycles. The maximum absolute atomic E-state index is 11.5. The van der Waals surface area contributed by atoms with Gasteiger partial charge in [0.1, 0.15) is 0 Å². The van der Waals surface area contributed by atoms with E-state index in [0.29, 0.717) is 23.0 Å².